The van der Waals surface area contributed by atoms with Crippen LogP contribution < -0.4 is 15.8 Å². The predicted octanol–water partition coefficient (Wildman–Crippen LogP) is 2.17. The van der Waals surface area contributed by atoms with E-state index in [9.17, 15) is 4.79 Å². The summed E-state index contributed by atoms with van der Waals surface area (Å²) in [5, 5.41) is 2.83. The SMILES string of the molecule is Cc1ccc(C(N)=S)cc1OCC(=O)NCCC(C)C. The molecule has 0 heterocycles. The monoisotopic (exact) mass is 294 g/mol. The lowest BCUT2D eigenvalue weighted by atomic mass is 10.1. The van der Waals surface area contributed by atoms with Crippen molar-refractivity contribution >= 4 is 23.1 Å². The largest absolute Gasteiger partial charge is 0.483 e. The maximum atomic E-state index is 11.6. The molecule has 0 unspecified atom stereocenters. The number of carbonyl (C=O) groups is 1. The van der Waals surface area contributed by atoms with Crippen LogP contribution in [0.1, 0.15) is 31.4 Å². The zero-order valence-electron chi connectivity index (χ0n) is 12.2. The Hall–Kier alpha value is -1.62. The molecule has 0 aliphatic rings. The number of nitrogens with one attached hydrogen (secondary N) is 1. The highest BCUT2D eigenvalue weighted by atomic mass is 32.1. The molecular formula is C15H22N2O2S. The molecule has 1 amide bonds. The molecule has 0 aliphatic carbocycles. The molecule has 1 rings (SSSR count). The average Bonchev–Trinajstić information content (AvgIpc) is 2.37. The quantitative estimate of drug-likeness (QED) is 0.757. The smallest absolute Gasteiger partial charge is 0.257 e. The van der Waals surface area contributed by atoms with E-state index in [0.29, 0.717) is 23.2 Å². The zero-order chi connectivity index (χ0) is 15.1. The third-order valence-corrected chi connectivity index (χ3v) is 3.11. The Morgan fingerprint density at radius 3 is 2.75 bits per heavy atom. The molecule has 5 heteroatoms. The van der Waals surface area contributed by atoms with Crippen molar-refractivity contribution in [2.75, 3.05) is 13.2 Å². The summed E-state index contributed by atoms with van der Waals surface area (Å²) in [5.74, 6) is 1.08. The van der Waals surface area contributed by atoms with Gasteiger partial charge in [0.2, 0.25) is 0 Å². The molecule has 0 radical (unpaired) electrons. The summed E-state index contributed by atoms with van der Waals surface area (Å²) in [7, 11) is 0. The second-order valence-electron chi connectivity index (χ2n) is 5.17. The van der Waals surface area contributed by atoms with Crippen molar-refractivity contribution in [3.05, 3.63) is 29.3 Å². The fraction of sp³-hybridized carbons (Fsp3) is 0.467. The van der Waals surface area contributed by atoms with E-state index in [-0.39, 0.29) is 12.5 Å². The van der Waals surface area contributed by atoms with E-state index in [2.05, 4.69) is 19.2 Å². The minimum Gasteiger partial charge on any atom is -0.483 e. The minimum absolute atomic E-state index is 0.000276. The summed E-state index contributed by atoms with van der Waals surface area (Å²) in [4.78, 5) is 12.0. The number of hydrogen-bond acceptors (Lipinski definition) is 3. The highest BCUT2D eigenvalue weighted by molar-refractivity contribution is 7.80. The number of hydrogen-bond donors (Lipinski definition) is 2. The van der Waals surface area contributed by atoms with Gasteiger partial charge < -0.3 is 15.8 Å². The van der Waals surface area contributed by atoms with Crippen LogP contribution in [-0.2, 0) is 4.79 Å². The van der Waals surface area contributed by atoms with Gasteiger partial charge in [-0.1, -0.05) is 38.2 Å². The summed E-state index contributed by atoms with van der Waals surface area (Å²) in [5.41, 5.74) is 7.26. The molecule has 0 saturated heterocycles. The van der Waals surface area contributed by atoms with Crippen LogP contribution in [0.5, 0.6) is 5.75 Å². The lowest BCUT2D eigenvalue weighted by Crippen LogP contribution is -2.30. The summed E-state index contributed by atoms with van der Waals surface area (Å²) in [6, 6.07) is 5.48. The van der Waals surface area contributed by atoms with Crippen LogP contribution in [0.25, 0.3) is 0 Å². The van der Waals surface area contributed by atoms with E-state index < -0.39 is 0 Å². The Morgan fingerprint density at radius 1 is 1.45 bits per heavy atom. The van der Waals surface area contributed by atoms with Crippen molar-refractivity contribution in [1.82, 2.24) is 5.32 Å². The Bertz CT molecular complexity index is 487. The number of thiocarbonyl (C=S) groups is 1. The van der Waals surface area contributed by atoms with Gasteiger partial charge in [-0.25, -0.2) is 0 Å². The maximum absolute atomic E-state index is 11.6. The molecule has 1 aromatic carbocycles. The van der Waals surface area contributed by atoms with E-state index in [4.69, 9.17) is 22.7 Å². The highest BCUT2D eigenvalue weighted by Gasteiger charge is 2.07. The third kappa shape index (κ3) is 5.57. The molecule has 3 N–H and O–H groups in total. The zero-order valence-corrected chi connectivity index (χ0v) is 13.0. The van der Waals surface area contributed by atoms with E-state index >= 15 is 0 Å². The van der Waals surface area contributed by atoms with E-state index in [1.54, 1.807) is 6.07 Å². The van der Waals surface area contributed by atoms with Crippen LogP contribution in [0.2, 0.25) is 0 Å². The average molecular weight is 294 g/mol. The number of benzene rings is 1. The standard InChI is InChI=1S/C15H22N2O2S/c1-10(2)6-7-17-14(18)9-19-13-8-12(15(16)20)5-4-11(13)3/h4-5,8,10H,6-7,9H2,1-3H3,(H2,16,20)(H,17,18). The van der Waals surface area contributed by atoms with Gasteiger partial charge in [-0.3, -0.25) is 4.79 Å². The Kier molecular flexibility index (Phi) is 6.45. The first kappa shape index (κ1) is 16.4. The molecule has 0 saturated carbocycles. The molecule has 0 bridgehead atoms. The molecule has 0 aromatic heterocycles. The number of carbonyl (C=O) groups excluding carboxylic acids is 1. The summed E-state index contributed by atoms with van der Waals surface area (Å²) >= 11 is 4.93. The molecule has 0 atom stereocenters. The Morgan fingerprint density at radius 2 is 2.15 bits per heavy atom. The van der Waals surface area contributed by atoms with Gasteiger partial charge in [-0.2, -0.15) is 0 Å². The summed E-state index contributed by atoms with van der Waals surface area (Å²) in [6.07, 6.45) is 0.960. The molecular weight excluding hydrogens is 272 g/mol. The van der Waals surface area contributed by atoms with Crippen molar-refractivity contribution in [3.8, 4) is 5.75 Å². The van der Waals surface area contributed by atoms with Gasteiger partial charge in [0.25, 0.3) is 5.91 Å². The second-order valence-corrected chi connectivity index (χ2v) is 5.61. The Labute approximate surface area is 125 Å². The fourth-order valence-electron chi connectivity index (χ4n) is 1.60. The molecule has 110 valence electrons. The van der Waals surface area contributed by atoms with Crippen LogP contribution in [0.3, 0.4) is 0 Å². The lowest BCUT2D eigenvalue weighted by molar-refractivity contribution is -0.123. The summed E-state index contributed by atoms with van der Waals surface area (Å²) < 4.78 is 5.52. The van der Waals surface area contributed by atoms with Crippen molar-refractivity contribution in [1.29, 1.82) is 0 Å². The van der Waals surface area contributed by atoms with Gasteiger partial charge in [0.15, 0.2) is 6.61 Å². The number of nitrogens with two attached hydrogens (primary N) is 1. The van der Waals surface area contributed by atoms with Gasteiger partial charge in [0.1, 0.15) is 10.7 Å². The fourth-order valence-corrected chi connectivity index (χ4v) is 1.73. The van der Waals surface area contributed by atoms with E-state index in [1.807, 2.05) is 19.1 Å². The Balaban J connectivity index is 2.50. The van der Waals surface area contributed by atoms with Gasteiger partial charge in [0.05, 0.1) is 0 Å². The van der Waals surface area contributed by atoms with Gasteiger partial charge in [-0.15, -0.1) is 0 Å². The van der Waals surface area contributed by atoms with Crippen molar-refractivity contribution in [2.24, 2.45) is 11.7 Å². The molecule has 0 fully saturated rings. The first-order valence-corrected chi connectivity index (χ1v) is 7.11. The van der Waals surface area contributed by atoms with Crippen LogP contribution >= 0.6 is 12.2 Å². The third-order valence-electron chi connectivity index (χ3n) is 2.88. The lowest BCUT2D eigenvalue weighted by Gasteiger charge is -2.11. The van der Waals surface area contributed by atoms with Crippen LogP contribution in [0.4, 0.5) is 0 Å². The predicted molar refractivity (Wildman–Crippen MR) is 85.0 cm³/mol. The normalized spacial score (nSPS) is 10.4. The van der Waals surface area contributed by atoms with Gasteiger partial charge in [0, 0.05) is 12.1 Å². The minimum atomic E-state index is -0.120. The topological polar surface area (TPSA) is 64.3 Å². The highest BCUT2D eigenvalue weighted by Crippen LogP contribution is 2.19. The van der Waals surface area contributed by atoms with Gasteiger partial charge >= 0.3 is 0 Å². The molecule has 4 nitrogen and oxygen atoms in total. The number of ether oxygens (including phenoxy) is 1. The molecule has 0 aliphatic heterocycles. The number of aryl methyl sites for hydroxylation is 1. The van der Waals surface area contributed by atoms with Crippen LogP contribution in [-0.4, -0.2) is 24.0 Å². The second kappa shape index (κ2) is 7.85. The van der Waals surface area contributed by atoms with Crippen molar-refractivity contribution in [2.45, 2.75) is 27.2 Å². The van der Waals surface area contributed by atoms with E-state index in [1.165, 1.54) is 0 Å². The van der Waals surface area contributed by atoms with E-state index in [0.717, 1.165) is 17.5 Å². The first-order chi connectivity index (χ1) is 9.40. The van der Waals surface area contributed by atoms with Crippen LogP contribution in [0.15, 0.2) is 18.2 Å². The van der Waals surface area contributed by atoms with Gasteiger partial charge in [-0.05, 0) is 30.9 Å². The molecule has 0 spiro atoms. The maximum Gasteiger partial charge on any atom is 0.257 e. The molecule has 20 heavy (non-hydrogen) atoms. The van der Waals surface area contributed by atoms with Crippen LogP contribution in [0, 0.1) is 12.8 Å². The summed E-state index contributed by atoms with van der Waals surface area (Å²) in [6.45, 7) is 6.82. The molecule has 1 aromatic rings. The van der Waals surface area contributed by atoms with Crippen molar-refractivity contribution in [3.63, 3.8) is 0 Å². The number of rotatable bonds is 7. The number of amides is 1. The van der Waals surface area contributed by atoms with Crippen molar-refractivity contribution < 1.29 is 9.53 Å². The first-order valence-electron chi connectivity index (χ1n) is 6.70.